The molecule has 1 aromatic carbocycles. The van der Waals surface area contributed by atoms with Crippen molar-refractivity contribution in [3.05, 3.63) is 40.6 Å². The van der Waals surface area contributed by atoms with Crippen LogP contribution in [0.2, 0.25) is 0 Å². The number of nitrogens with zero attached hydrogens (tertiary/aromatic N) is 2. The molecule has 2 aromatic rings. The molecule has 7 heteroatoms. The topological polar surface area (TPSA) is 76.0 Å². The molecule has 2 rings (SSSR count). The molecule has 0 aliphatic carbocycles. The maximum absolute atomic E-state index is 12.3. The number of aryl methyl sites for hydroxylation is 1. The van der Waals surface area contributed by atoms with E-state index in [4.69, 9.17) is 0 Å². The fourth-order valence-corrected chi connectivity index (χ4v) is 2.49. The van der Waals surface area contributed by atoms with Crippen LogP contribution in [0.1, 0.15) is 36.5 Å². The van der Waals surface area contributed by atoms with Gasteiger partial charge < -0.3 is 10.6 Å². The first kappa shape index (κ1) is 17.2. The quantitative estimate of drug-likeness (QED) is 0.806. The van der Waals surface area contributed by atoms with Crippen LogP contribution in [0.3, 0.4) is 0 Å². The van der Waals surface area contributed by atoms with Crippen LogP contribution in [-0.4, -0.2) is 21.6 Å². The molecule has 1 heterocycles. The van der Waals surface area contributed by atoms with E-state index in [2.05, 4.69) is 31.7 Å². The van der Waals surface area contributed by atoms with Crippen LogP contribution in [0.5, 0.6) is 0 Å². The van der Waals surface area contributed by atoms with E-state index >= 15 is 0 Å². The molecule has 0 aliphatic rings. The number of aromatic nitrogens is 2. The summed E-state index contributed by atoms with van der Waals surface area (Å²) in [5.74, 6) is -0.351. The number of anilines is 2. The molecule has 1 aromatic heterocycles. The molecule has 0 atom stereocenters. The molecule has 0 saturated heterocycles. The second-order valence-corrected chi connectivity index (χ2v) is 6.03. The van der Waals surface area contributed by atoms with Gasteiger partial charge in [0, 0.05) is 24.1 Å². The Labute approximate surface area is 143 Å². The molecule has 6 nitrogen and oxygen atoms in total. The first-order chi connectivity index (χ1) is 11.0. The predicted octanol–water partition coefficient (Wildman–Crippen LogP) is 3.56. The van der Waals surface area contributed by atoms with E-state index in [-0.39, 0.29) is 11.8 Å². The van der Waals surface area contributed by atoms with Crippen molar-refractivity contribution < 1.29 is 9.59 Å². The van der Waals surface area contributed by atoms with Crippen LogP contribution in [0, 0.1) is 0 Å². The molecular formula is C16H19BrN4O2. The van der Waals surface area contributed by atoms with Crippen molar-refractivity contribution in [2.24, 2.45) is 7.05 Å². The number of halogens is 1. The van der Waals surface area contributed by atoms with Crippen LogP contribution in [0.4, 0.5) is 11.4 Å². The van der Waals surface area contributed by atoms with Crippen LogP contribution < -0.4 is 10.6 Å². The largest absolute Gasteiger partial charge is 0.324 e. The van der Waals surface area contributed by atoms with Gasteiger partial charge in [0.25, 0.3) is 5.91 Å². The van der Waals surface area contributed by atoms with E-state index in [1.165, 1.54) is 6.20 Å². The summed E-state index contributed by atoms with van der Waals surface area (Å²) in [6, 6.07) is 5.37. The zero-order valence-corrected chi connectivity index (χ0v) is 14.7. The summed E-state index contributed by atoms with van der Waals surface area (Å²) in [7, 11) is 1.74. The van der Waals surface area contributed by atoms with Crippen molar-refractivity contribution in [3.63, 3.8) is 0 Å². The Bertz CT molecular complexity index is 712. The summed E-state index contributed by atoms with van der Waals surface area (Å²) in [6.07, 6.45) is 5.37. The fourth-order valence-electron chi connectivity index (χ4n) is 2.03. The Morgan fingerprint density at radius 1 is 1.30 bits per heavy atom. The van der Waals surface area contributed by atoms with Crippen molar-refractivity contribution in [3.8, 4) is 0 Å². The highest BCUT2D eigenvalue weighted by molar-refractivity contribution is 9.10. The number of unbranched alkanes of at least 4 members (excludes halogenated alkanes) is 1. The monoisotopic (exact) mass is 378 g/mol. The first-order valence-corrected chi connectivity index (χ1v) is 8.19. The van der Waals surface area contributed by atoms with Gasteiger partial charge in [-0.25, -0.2) is 0 Å². The molecule has 0 bridgehead atoms. The lowest BCUT2D eigenvalue weighted by atomic mass is 10.2. The van der Waals surface area contributed by atoms with E-state index in [9.17, 15) is 9.59 Å². The lowest BCUT2D eigenvalue weighted by molar-refractivity contribution is -0.116. The molecule has 0 aliphatic heterocycles. The molecule has 0 unspecified atom stereocenters. The molecule has 2 N–H and O–H groups in total. The van der Waals surface area contributed by atoms with Crippen LogP contribution in [-0.2, 0) is 11.8 Å². The average Bonchev–Trinajstić information content (AvgIpc) is 2.95. The summed E-state index contributed by atoms with van der Waals surface area (Å²) in [6.45, 7) is 2.03. The average molecular weight is 379 g/mol. The Morgan fingerprint density at radius 2 is 2.09 bits per heavy atom. The van der Waals surface area contributed by atoms with Crippen LogP contribution in [0.15, 0.2) is 35.1 Å². The third kappa shape index (κ3) is 4.66. The Kier molecular flexibility index (Phi) is 5.92. The van der Waals surface area contributed by atoms with Crippen molar-refractivity contribution in [2.75, 3.05) is 10.6 Å². The van der Waals surface area contributed by atoms with E-state index in [1.54, 1.807) is 36.1 Å². The highest BCUT2D eigenvalue weighted by atomic mass is 79.9. The van der Waals surface area contributed by atoms with Crippen molar-refractivity contribution in [1.82, 2.24) is 9.78 Å². The summed E-state index contributed by atoms with van der Waals surface area (Å²) >= 11 is 3.41. The number of hydrogen-bond acceptors (Lipinski definition) is 3. The third-order valence-corrected chi connectivity index (χ3v) is 3.91. The van der Waals surface area contributed by atoms with Gasteiger partial charge in [0.1, 0.15) is 0 Å². The number of carbonyl (C=O) groups excluding carboxylic acids is 2. The number of amides is 2. The minimum Gasteiger partial charge on any atom is -0.324 e. The fraction of sp³-hybridized carbons (Fsp3) is 0.312. The van der Waals surface area contributed by atoms with Gasteiger partial charge in [-0.1, -0.05) is 19.4 Å². The number of para-hydroxylation sites is 1. The predicted molar refractivity (Wildman–Crippen MR) is 93.5 cm³/mol. The number of rotatable bonds is 6. The van der Waals surface area contributed by atoms with Gasteiger partial charge in [0.2, 0.25) is 5.91 Å². The Hall–Kier alpha value is -2.15. The number of benzene rings is 1. The van der Waals surface area contributed by atoms with E-state index < -0.39 is 0 Å². The van der Waals surface area contributed by atoms with Gasteiger partial charge in [-0.3, -0.25) is 14.3 Å². The SMILES string of the molecule is CCCCC(=O)Nc1cccc(Br)c1NC(=O)c1cnn(C)c1. The van der Waals surface area contributed by atoms with Crippen LogP contribution in [0.25, 0.3) is 0 Å². The highest BCUT2D eigenvalue weighted by Crippen LogP contribution is 2.31. The van der Waals surface area contributed by atoms with Crippen molar-refractivity contribution in [2.45, 2.75) is 26.2 Å². The summed E-state index contributed by atoms with van der Waals surface area (Å²) in [5.41, 5.74) is 1.55. The molecule has 0 spiro atoms. The maximum atomic E-state index is 12.3. The maximum Gasteiger partial charge on any atom is 0.258 e. The minimum atomic E-state index is -0.283. The number of nitrogens with one attached hydrogen (secondary N) is 2. The van der Waals surface area contributed by atoms with Crippen molar-refractivity contribution >= 4 is 39.1 Å². The van der Waals surface area contributed by atoms with Crippen molar-refractivity contribution in [1.29, 1.82) is 0 Å². The van der Waals surface area contributed by atoms with E-state index in [0.717, 1.165) is 12.8 Å². The Balaban J connectivity index is 2.17. The third-order valence-electron chi connectivity index (χ3n) is 3.25. The second-order valence-electron chi connectivity index (χ2n) is 5.17. The first-order valence-electron chi connectivity index (χ1n) is 7.39. The van der Waals surface area contributed by atoms with Gasteiger partial charge >= 0.3 is 0 Å². The normalized spacial score (nSPS) is 10.4. The summed E-state index contributed by atoms with van der Waals surface area (Å²) < 4.78 is 2.26. The second kappa shape index (κ2) is 7.92. The van der Waals surface area contributed by atoms with Gasteiger partial charge in [0.05, 0.1) is 23.1 Å². The Morgan fingerprint density at radius 3 is 2.74 bits per heavy atom. The van der Waals surface area contributed by atoms with Crippen LogP contribution >= 0.6 is 15.9 Å². The number of carbonyl (C=O) groups is 2. The highest BCUT2D eigenvalue weighted by Gasteiger charge is 2.14. The molecule has 122 valence electrons. The standard InChI is InChI=1S/C16H19BrN4O2/c1-3-4-8-14(22)19-13-7-5-6-12(17)15(13)20-16(23)11-9-18-21(2)10-11/h5-7,9-10H,3-4,8H2,1-2H3,(H,19,22)(H,20,23). The molecule has 0 saturated carbocycles. The van der Waals surface area contributed by atoms with Gasteiger partial charge in [-0.05, 0) is 34.5 Å². The summed E-state index contributed by atoms with van der Waals surface area (Å²) in [5, 5.41) is 9.64. The van der Waals surface area contributed by atoms with E-state index in [1.807, 2.05) is 6.92 Å². The van der Waals surface area contributed by atoms with Gasteiger partial charge in [-0.2, -0.15) is 5.10 Å². The van der Waals surface area contributed by atoms with Gasteiger partial charge in [0.15, 0.2) is 0 Å². The minimum absolute atomic E-state index is 0.0678. The zero-order chi connectivity index (χ0) is 16.8. The van der Waals surface area contributed by atoms with Gasteiger partial charge in [-0.15, -0.1) is 0 Å². The zero-order valence-electron chi connectivity index (χ0n) is 13.1. The lowest BCUT2D eigenvalue weighted by Gasteiger charge is -2.13. The number of hydrogen-bond donors (Lipinski definition) is 2. The van der Waals surface area contributed by atoms with E-state index in [0.29, 0.717) is 27.8 Å². The molecular weight excluding hydrogens is 360 g/mol. The smallest absolute Gasteiger partial charge is 0.258 e. The molecule has 23 heavy (non-hydrogen) atoms. The molecule has 0 fully saturated rings. The molecule has 0 radical (unpaired) electrons. The molecule has 2 amide bonds. The lowest BCUT2D eigenvalue weighted by Crippen LogP contribution is -2.16. The summed E-state index contributed by atoms with van der Waals surface area (Å²) in [4.78, 5) is 24.2.